The molecule has 1 rings (SSSR count). The van der Waals surface area contributed by atoms with E-state index in [0.29, 0.717) is 30.1 Å². The highest BCUT2D eigenvalue weighted by molar-refractivity contribution is 5.97. The molecule has 0 aliphatic rings. The molecule has 4 nitrogen and oxygen atoms in total. The lowest BCUT2D eigenvalue weighted by atomic mass is 10.1. The maximum Gasteiger partial charge on any atom is 0.251 e. The van der Waals surface area contributed by atoms with E-state index < -0.39 is 0 Å². The van der Waals surface area contributed by atoms with Crippen molar-refractivity contribution >= 4 is 18.0 Å². The fraction of sp³-hybridized carbons (Fsp3) is 0.385. The Balaban J connectivity index is 2.86. The number of hydrogen-bond acceptors (Lipinski definition) is 2. The zero-order valence-corrected chi connectivity index (χ0v) is 10.4. The maximum atomic E-state index is 11.9. The summed E-state index contributed by atoms with van der Waals surface area (Å²) in [6, 6.07) is 5.27. The molecule has 0 aromatic heterocycles. The quantitative estimate of drug-likeness (QED) is 0.765. The molecule has 1 aromatic rings. The Hall–Kier alpha value is -1.84. The standard InChI is InChI=1S/C13H18N2O2/c1-9(2)7-14-13(17)11-5-4-6-12(10(11)3)15-8-16/h4-6,8-9H,7H2,1-3H3,(H,14,17)(H,15,16). The van der Waals surface area contributed by atoms with E-state index in [1.165, 1.54) is 0 Å². The first-order valence-electron chi connectivity index (χ1n) is 5.64. The summed E-state index contributed by atoms with van der Waals surface area (Å²) in [6.45, 7) is 6.54. The van der Waals surface area contributed by atoms with E-state index in [9.17, 15) is 9.59 Å². The van der Waals surface area contributed by atoms with Gasteiger partial charge in [-0.1, -0.05) is 19.9 Å². The van der Waals surface area contributed by atoms with Crippen LogP contribution < -0.4 is 10.6 Å². The van der Waals surface area contributed by atoms with Gasteiger partial charge < -0.3 is 10.6 Å². The van der Waals surface area contributed by atoms with Crippen LogP contribution in [-0.4, -0.2) is 18.9 Å². The smallest absolute Gasteiger partial charge is 0.251 e. The van der Waals surface area contributed by atoms with Crippen molar-refractivity contribution in [3.8, 4) is 0 Å². The van der Waals surface area contributed by atoms with Gasteiger partial charge in [-0.2, -0.15) is 0 Å². The maximum absolute atomic E-state index is 11.9. The Bertz CT molecular complexity index is 414. The molecule has 0 atom stereocenters. The van der Waals surface area contributed by atoms with Gasteiger partial charge in [0.2, 0.25) is 6.41 Å². The fourth-order valence-electron chi connectivity index (χ4n) is 1.49. The van der Waals surface area contributed by atoms with Gasteiger partial charge in [-0.3, -0.25) is 9.59 Å². The summed E-state index contributed by atoms with van der Waals surface area (Å²) in [6.07, 6.45) is 0.609. The topological polar surface area (TPSA) is 58.2 Å². The summed E-state index contributed by atoms with van der Waals surface area (Å²) < 4.78 is 0. The number of amides is 2. The number of benzene rings is 1. The molecule has 0 saturated heterocycles. The van der Waals surface area contributed by atoms with Gasteiger partial charge >= 0.3 is 0 Å². The van der Waals surface area contributed by atoms with Gasteiger partial charge in [0, 0.05) is 17.8 Å². The SMILES string of the molecule is Cc1c(NC=O)cccc1C(=O)NCC(C)C. The molecule has 1 aromatic carbocycles. The molecule has 0 spiro atoms. The van der Waals surface area contributed by atoms with Crippen LogP contribution in [0.1, 0.15) is 29.8 Å². The van der Waals surface area contributed by atoms with Crippen LogP contribution in [-0.2, 0) is 4.79 Å². The third-order valence-corrected chi connectivity index (χ3v) is 2.46. The van der Waals surface area contributed by atoms with Gasteiger partial charge in [0.25, 0.3) is 5.91 Å². The van der Waals surface area contributed by atoms with Crippen LogP contribution in [0.4, 0.5) is 5.69 Å². The predicted octanol–water partition coefficient (Wildman–Crippen LogP) is 1.95. The van der Waals surface area contributed by atoms with Gasteiger partial charge in [-0.05, 0) is 30.5 Å². The van der Waals surface area contributed by atoms with Gasteiger partial charge in [-0.25, -0.2) is 0 Å². The first-order valence-corrected chi connectivity index (χ1v) is 5.64. The minimum Gasteiger partial charge on any atom is -0.352 e. The molecule has 2 amide bonds. The Morgan fingerprint density at radius 1 is 1.41 bits per heavy atom. The van der Waals surface area contributed by atoms with Crippen LogP contribution >= 0.6 is 0 Å². The zero-order chi connectivity index (χ0) is 12.8. The molecule has 0 saturated carbocycles. The van der Waals surface area contributed by atoms with Gasteiger partial charge in [0.05, 0.1) is 0 Å². The number of rotatable bonds is 5. The van der Waals surface area contributed by atoms with Crippen molar-refractivity contribution in [3.63, 3.8) is 0 Å². The molecule has 2 N–H and O–H groups in total. The molecule has 0 bridgehead atoms. The molecule has 0 heterocycles. The van der Waals surface area contributed by atoms with Crippen molar-refractivity contribution in [1.29, 1.82) is 0 Å². The highest BCUT2D eigenvalue weighted by Crippen LogP contribution is 2.18. The summed E-state index contributed by atoms with van der Waals surface area (Å²) in [4.78, 5) is 22.3. The monoisotopic (exact) mass is 234 g/mol. The van der Waals surface area contributed by atoms with Gasteiger partial charge in [0.1, 0.15) is 0 Å². The molecule has 0 aliphatic carbocycles. The summed E-state index contributed by atoms with van der Waals surface area (Å²) in [5, 5.41) is 5.43. The predicted molar refractivity (Wildman–Crippen MR) is 68.0 cm³/mol. The van der Waals surface area contributed by atoms with Crippen LogP contribution in [0, 0.1) is 12.8 Å². The van der Waals surface area contributed by atoms with Crippen LogP contribution in [0.25, 0.3) is 0 Å². The highest BCUT2D eigenvalue weighted by Gasteiger charge is 2.11. The highest BCUT2D eigenvalue weighted by atomic mass is 16.1. The average molecular weight is 234 g/mol. The van der Waals surface area contributed by atoms with Crippen LogP contribution in [0.2, 0.25) is 0 Å². The Labute approximate surface area is 101 Å². The summed E-state index contributed by atoms with van der Waals surface area (Å²) in [7, 11) is 0. The Morgan fingerprint density at radius 2 is 2.12 bits per heavy atom. The number of anilines is 1. The largest absolute Gasteiger partial charge is 0.352 e. The molecular weight excluding hydrogens is 216 g/mol. The van der Waals surface area contributed by atoms with Crippen molar-refractivity contribution in [2.45, 2.75) is 20.8 Å². The number of hydrogen-bond donors (Lipinski definition) is 2. The second-order valence-electron chi connectivity index (χ2n) is 4.34. The summed E-state index contributed by atoms with van der Waals surface area (Å²) in [5.74, 6) is 0.307. The molecule has 4 heteroatoms. The normalized spacial score (nSPS) is 10.1. The lowest BCUT2D eigenvalue weighted by Crippen LogP contribution is -2.28. The number of carbonyl (C=O) groups is 2. The van der Waals surface area contributed by atoms with Gasteiger partial charge in [0.15, 0.2) is 0 Å². The molecule has 0 unspecified atom stereocenters. The molecule has 0 aliphatic heterocycles. The first kappa shape index (κ1) is 13.2. The van der Waals surface area contributed by atoms with Crippen molar-refractivity contribution < 1.29 is 9.59 Å². The lowest BCUT2D eigenvalue weighted by molar-refractivity contribution is -0.105. The third kappa shape index (κ3) is 3.59. The zero-order valence-electron chi connectivity index (χ0n) is 10.4. The summed E-state index contributed by atoms with van der Waals surface area (Å²) >= 11 is 0. The van der Waals surface area contributed by atoms with E-state index in [1.54, 1.807) is 18.2 Å². The van der Waals surface area contributed by atoms with Crippen LogP contribution in [0.3, 0.4) is 0 Å². The average Bonchev–Trinajstić information content (AvgIpc) is 2.29. The first-order chi connectivity index (χ1) is 8.06. The van der Waals surface area contributed by atoms with Crippen molar-refractivity contribution in [2.24, 2.45) is 5.92 Å². The second kappa shape index (κ2) is 6.03. The van der Waals surface area contributed by atoms with E-state index in [0.717, 1.165) is 5.56 Å². The van der Waals surface area contributed by atoms with Gasteiger partial charge in [-0.15, -0.1) is 0 Å². The van der Waals surface area contributed by atoms with Crippen LogP contribution in [0.5, 0.6) is 0 Å². The Kier molecular flexibility index (Phi) is 4.69. The van der Waals surface area contributed by atoms with E-state index in [-0.39, 0.29) is 5.91 Å². The minimum atomic E-state index is -0.106. The van der Waals surface area contributed by atoms with E-state index in [2.05, 4.69) is 10.6 Å². The van der Waals surface area contributed by atoms with Crippen LogP contribution in [0.15, 0.2) is 18.2 Å². The second-order valence-corrected chi connectivity index (χ2v) is 4.34. The lowest BCUT2D eigenvalue weighted by Gasteiger charge is -2.11. The van der Waals surface area contributed by atoms with Crippen molar-refractivity contribution in [2.75, 3.05) is 11.9 Å². The molecular formula is C13H18N2O2. The molecule has 17 heavy (non-hydrogen) atoms. The van der Waals surface area contributed by atoms with E-state index in [4.69, 9.17) is 0 Å². The number of carbonyl (C=O) groups excluding carboxylic acids is 2. The Morgan fingerprint density at radius 3 is 2.71 bits per heavy atom. The van der Waals surface area contributed by atoms with E-state index >= 15 is 0 Å². The van der Waals surface area contributed by atoms with Crippen molar-refractivity contribution in [1.82, 2.24) is 5.32 Å². The molecule has 92 valence electrons. The molecule has 0 fully saturated rings. The van der Waals surface area contributed by atoms with E-state index in [1.807, 2.05) is 20.8 Å². The minimum absolute atomic E-state index is 0.106. The van der Waals surface area contributed by atoms with Crippen molar-refractivity contribution in [3.05, 3.63) is 29.3 Å². The number of nitrogens with one attached hydrogen (secondary N) is 2. The fourth-order valence-corrected chi connectivity index (χ4v) is 1.49. The summed E-state index contributed by atoms with van der Waals surface area (Å²) in [5.41, 5.74) is 2.04. The molecule has 0 radical (unpaired) electrons. The third-order valence-electron chi connectivity index (χ3n) is 2.46.